The summed E-state index contributed by atoms with van der Waals surface area (Å²) in [5.74, 6) is -0.563. The van der Waals surface area contributed by atoms with Crippen molar-refractivity contribution in [2.45, 2.75) is 6.42 Å². The summed E-state index contributed by atoms with van der Waals surface area (Å²) in [4.78, 5) is 26.7. The number of benzene rings is 1. The van der Waals surface area contributed by atoms with Gasteiger partial charge < -0.3 is 14.6 Å². The van der Waals surface area contributed by atoms with Crippen molar-refractivity contribution < 1.29 is 14.3 Å². The number of hydrogen-bond donors (Lipinski definition) is 1. The molecule has 2 rings (SSSR count). The number of carbonyl (C=O) groups excluding carboxylic acids is 2. The highest BCUT2D eigenvalue weighted by Gasteiger charge is 2.06. The minimum Gasteiger partial charge on any atom is -0.469 e. The first-order chi connectivity index (χ1) is 9.70. The van der Waals surface area contributed by atoms with Gasteiger partial charge in [-0.2, -0.15) is 0 Å². The molecule has 104 valence electrons. The first-order valence-corrected chi connectivity index (χ1v) is 6.14. The van der Waals surface area contributed by atoms with Gasteiger partial charge in [0.05, 0.1) is 19.9 Å². The number of methoxy groups -OCH3 is 1. The summed E-state index contributed by atoms with van der Waals surface area (Å²) in [6.07, 6.45) is 5.36. The summed E-state index contributed by atoms with van der Waals surface area (Å²) in [5, 5.41) is 2.66. The number of amides is 1. The normalized spacial score (nSPS) is 10.1. The molecule has 1 aromatic heterocycles. The van der Waals surface area contributed by atoms with Crippen molar-refractivity contribution in [3.05, 3.63) is 48.5 Å². The third-order valence-corrected chi connectivity index (χ3v) is 2.77. The SMILES string of the molecule is COC(=O)CCNC(=O)c1ccc(-n2ccnc2)cc1. The summed E-state index contributed by atoms with van der Waals surface area (Å²) >= 11 is 0. The van der Waals surface area contributed by atoms with Crippen LogP contribution in [0, 0.1) is 0 Å². The molecule has 6 heteroatoms. The number of nitrogens with zero attached hydrogens (tertiary/aromatic N) is 2. The van der Waals surface area contributed by atoms with E-state index in [0.29, 0.717) is 5.56 Å². The number of imidazole rings is 1. The molecule has 20 heavy (non-hydrogen) atoms. The Hall–Kier alpha value is -2.63. The first-order valence-electron chi connectivity index (χ1n) is 6.14. The highest BCUT2D eigenvalue weighted by Crippen LogP contribution is 2.09. The lowest BCUT2D eigenvalue weighted by molar-refractivity contribution is -0.140. The van der Waals surface area contributed by atoms with Crippen LogP contribution < -0.4 is 5.32 Å². The smallest absolute Gasteiger partial charge is 0.307 e. The largest absolute Gasteiger partial charge is 0.469 e. The molecule has 2 aromatic rings. The van der Waals surface area contributed by atoms with Crippen LogP contribution in [0.2, 0.25) is 0 Å². The van der Waals surface area contributed by atoms with Gasteiger partial charge >= 0.3 is 5.97 Å². The van der Waals surface area contributed by atoms with E-state index in [-0.39, 0.29) is 24.8 Å². The minimum absolute atomic E-state index is 0.162. The van der Waals surface area contributed by atoms with Crippen LogP contribution >= 0.6 is 0 Å². The molecule has 0 aliphatic heterocycles. The molecule has 0 spiro atoms. The van der Waals surface area contributed by atoms with Crippen molar-refractivity contribution in [3.8, 4) is 5.69 Å². The fourth-order valence-electron chi connectivity index (χ4n) is 1.68. The second kappa shape index (κ2) is 6.51. The number of aromatic nitrogens is 2. The molecular formula is C14H15N3O3. The van der Waals surface area contributed by atoms with Gasteiger partial charge in [-0.15, -0.1) is 0 Å². The quantitative estimate of drug-likeness (QED) is 0.830. The minimum atomic E-state index is -0.347. The van der Waals surface area contributed by atoms with Gasteiger partial charge in [0.15, 0.2) is 0 Å². The number of rotatable bonds is 5. The van der Waals surface area contributed by atoms with Crippen LogP contribution in [-0.4, -0.2) is 35.1 Å². The van der Waals surface area contributed by atoms with Gasteiger partial charge in [0.2, 0.25) is 0 Å². The second-order valence-electron chi connectivity index (χ2n) is 4.10. The molecule has 0 atom stereocenters. The third kappa shape index (κ3) is 3.44. The van der Waals surface area contributed by atoms with Crippen LogP contribution in [0.5, 0.6) is 0 Å². The zero-order chi connectivity index (χ0) is 14.4. The van der Waals surface area contributed by atoms with Gasteiger partial charge in [0, 0.05) is 30.2 Å². The van der Waals surface area contributed by atoms with Crippen molar-refractivity contribution in [1.82, 2.24) is 14.9 Å². The zero-order valence-corrected chi connectivity index (χ0v) is 11.1. The van der Waals surface area contributed by atoms with E-state index in [1.807, 2.05) is 22.9 Å². The maximum atomic E-state index is 11.8. The van der Waals surface area contributed by atoms with Crippen molar-refractivity contribution >= 4 is 11.9 Å². The van der Waals surface area contributed by atoms with Crippen molar-refractivity contribution in [1.29, 1.82) is 0 Å². The van der Waals surface area contributed by atoms with Gasteiger partial charge in [-0.25, -0.2) is 4.98 Å². The summed E-state index contributed by atoms with van der Waals surface area (Å²) in [6, 6.07) is 7.11. The van der Waals surface area contributed by atoms with Crippen molar-refractivity contribution in [2.75, 3.05) is 13.7 Å². The summed E-state index contributed by atoms with van der Waals surface area (Å²) in [6.45, 7) is 0.259. The third-order valence-electron chi connectivity index (χ3n) is 2.77. The van der Waals surface area contributed by atoms with E-state index in [2.05, 4.69) is 15.0 Å². The van der Waals surface area contributed by atoms with Crippen LogP contribution in [0.15, 0.2) is 43.0 Å². The van der Waals surface area contributed by atoms with E-state index < -0.39 is 0 Å². The maximum absolute atomic E-state index is 11.8. The molecule has 0 fully saturated rings. The Balaban J connectivity index is 1.92. The van der Waals surface area contributed by atoms with Gasteiger partial charge in [-0.3, -0.25) is 9.59 Å². The summed E-state index contributed by atoms with van der Waals surface area (Å²) < 4.78 is 6.34. The highest BCUT2D eigenvalue weighted by atomic mass is 16.5. The Morgan fingerprint density at radius 3 is 2.65 bits per heavy atom. The molecule has 0 bridgehead atoms. The van der Waals surface area contributed by atoms with E-state index in [1.165, 1.54) is 7.11 Å². The number of carbonyl (C=O) groups is 2. The number of ether oxygens (including phenoxy) is 1. The monoisotopic (exact) mass is 273 g/mol. The highest BCUT2D eigenvalue weighted by molar-refractivity contribution is 5.94. The van der Waals surface area contributed by atoms with E-state index in [1.54, 1.807) is 24.7 Å². The lowest BCUT2D eigenvalue weighted by Gasteiger charge is -2.06. The fraction of sp³-hybridized carbons (Fsp3) is 0.214. The molecular weight excluding hydrogens is 258 g/mol. The lowest BCUT2D eigenvalue weighted by Crippen LogP contribution is -2.26. The molecule has 0 unspecified atom stereocenters. The van der Waals surface area contributed by atoms with Gasteiger partial charge in [-0.1, -0.05) is 0 Å². The molecule has 1 amide bonds. The van der Waals surface area contributed by atoms with Gasteiger partial charge in [-0.05, 0) is 24.3 Å². The molecule has 0 saturated carbocycles. The Morgan fingerprint density at radius 1 is 1.30 bits per heavy atom. The van der Waals surface area contributed by atoms with Crippen molar-refractivity contribution in [2.24, 2.45) is 0 Å². The predicted octanol–water partition coefficient (Wildman–Crippen LogP) is 1.17. The Labute approximate surface area is 116 Å². The molecule has 0 radical (unpaired) electrons. The molecule has 1 heterocycles. The van der Waals surface area contributed by atoms with Crippen LogP contribution in [0.25, 0.3) is 5.69 Å². The number of hydrogen-bond acceptors (Lipinski definition) is 4. The van der Waals surface area contributed by atoms with E-state index in [0.717, 1.165) is 5.69 Å². The summed E-state index contributed by atoms with van der Waals surface area (Å²) in [5.41, 5.74) is 1.47. The second-order valence-corrected chi connectivity index (χ2v) is 4.10. The Kier molecular flexibility index (Phi) is 4.49. The van der Waals surface area contributed by atoms with E-state index in [4.69, 9.17) is 0 Å². The zero-order valence-electron chi connectivity index (χ0n) is 11.1. The molecule has 0 saturated heterocycles. The topological polar surface area (TPSA) is 73.2 Å². The van der Waals surface area contributed by atoms with E-state index in [9.17, 15) is 9.59 Å². The standard InChI is InChI=1S/C14H15N3O3/c1-20-13(18)6-7-16-14(19)11-2-4-12(5-3-11)17-9-8-15-10-17/h2-5,8-10H,6-7H2,1H3,(H,16,19). The molecule has 6 nitrogen and oxygen atoms in total. The predicted molar refractivity (Wildman–Crippen MR) is 72.5 cm³/mol. The fourth-order valence-corrected chi connectivity index (χ4v) is 1.68. The first kappa shape index (κ1) is 13.8. The van der Waals surface area contributed by atoms with Crippen LogP contribution in [0.4, 0.5) is 0 Å². The Morgan fingerprint density at radius 2 is 2.05 bits per heavy atom. The molecule has 0 aliphatic carbocycles. The van der Waals surface area contributed by atoms with Gasteiger partial charge in [0.25, 0.3) is 5.91 Å². The molecule has 0 aliphatic rings. The van der Waals surface area contributed by atoms with Crippen molar-refractivity contribution in [3.63, 3.8) is 0 Å². The van der Waals surface area contributed by atoms with E-state index >= 15 is 0 Å². The average molecular weight is 273 g/mol. The van der Waals surface area contributed by atoms with Gasteiger partial charge in [0.1, 0.15) is 0 Å². The molecule has 1 aromatic carbocycles. The lowest BCUT2D eigenvalue weighted by atomic mass is 10.2. The average Bonchev–Trinajstić information content (AvgIpc) is 3.01. The number of nitrogens with one attached hydrogen (secondary N) is 1. The molecule has 1 N–H and O–H groups in total. The van der Waals surface area contributed by atoms with Crippen LogP contribution in [0.3, 0.4) is 0 Å². The summed E-state index contributed by atoms with van der Waals surface area (Å²) in [7, 11) is 1.32. The number of esters is 1. The Bertz CT molecular complexity index is 576. The van der Waals surface area contributed by atoms with Crippen LogP contribution in [-0.2, 0) is 9.53 Å². The maximum Gasteiger partial charge on any atom is 0.307 e. The van der Waals surface area contributed by atoms with Crippen LogP contribution in [0.1, 0.15) is 16.8 Å².